The van der Waals surface area contributed by atoms with E-state index in [1.165, 1.54) is 4.31 Å². The average Bonchev–Trinajstić information content (AvgIpc) is 2.76. The van der Waals surface area contributed by atoms with E-state index in [1.807, 2.05) is 68.4 Å². The Kier molecular flexibility index (Phi) is 5.82. The van der Waals surface area contributed by atoms with Crippen LogP contribution in [0.15, 0.2) is 71.6 Å². The van der Waals surface area contributed by atoms with Gasteiger partial charge in [-0.25, -0.2) is 8.42 Å². The van der Waals surface area contributed by atoms with Crippen LogP contribution in [-0.2, 0) is 14.8 Å². The predicted molar refractivity (Wildman–Crippen MR) is 128 cm³/mol. The molecule has 1 aliphatic heterocycles. The molecular weight excluding hydrogens is 420 g/mol. The normalized spacial score (nSPS) is 15.1. The molecule has 0 saturated heterocycles. The zero-order chi connectivity index (χ0) is 23.0. The summed E-state index contributed by atoms with van der Waals surface area (Å²) in [6.45, 7) is 7.83. The third kappa shape index (κ3) is 4.02. The molecule has 1 heterocycles. The fraction of sp³-hybridized carbons (Fsp3) is 0.269. The maximum Gasteiger partial charge on any atom is 0.265 e. The maximum atomic E-state index is 13.5. The Morgan fingerprint density at radius 1 is 0.906 bits per heavy atom. The number of hydrogen-bond acceptors (Lipinski definition) is 3. The van der Waals surface area contributed by atoms with Crippen molar-refractivity contribution in [2.24, 2.45) is 0 Å². The molecule has 0 unspecified atom stereocenters. The van der Waals surface area contributed by atoms with Gasteiger partial charge in [-0.2, -0.15) is 0 Å². The Bertz CT molecular complexity index is 1260. The summed E-state index contributed by atoms with van der Waals surface area (Å²) in [6.07, 6.45) is 0. The first kappa shape index (κ1) is 22.1. The predicted octanol–water partition coefficient (Wildman–Crippen LogP) is 5.17. The van der Waals surface area contributed by atoms with Crippen LogP contribution in [0.5, 0.6) is 0 Å². The number of carbonyl (C=O) groups is 1. The molecule has 1 atom stereocenters. The van der Waals surface area contributed by atoms with Gasteiger partial charge in [0, 0.05) is 11.1 Å². The minimum atomic E-state index is -3.86. The van der Waals surface area contributed by atoms with Crippen LogP contribution in [0.25, 0.3) is 11.1 Å². The van der Waals surface area contributed by atoms with Crippen LogP contribution in [-0.4, -0.2) is 20.9 Å². The van der Waals surface area contributed by atoms with Gasteiger partial charge < -0.3 is 5.32 Å². The lowest BCUT2D eigenvalue weighted by Gasteiger charge is -2.32. The van der Waals surface area contributed by atoms with Crippen molar-refractivity contribution < 1.29 is 13.2 Å². The monoisotopic (exact) mass is 448 g/mol. The van der Waals surface area contributed by atoms with Crippen LogP contribution in [0, 0.1) is 6.92 Å². The van der Waals surface area contributed by atoms with E-state index < -0.39 is 10.0 Å². The third-order valence-corrected chi connectivity index (χ3v) is 7.76. The van der Waals surface area contributed by atoms with E-state index in [2.05, 4.69) is 19.2 Å². The van der Waals surface area contributed by atoms with Gasteiger partial charge in [-0.15, -0.1) is 0 Å². The summed E-state index contributed by atoms with van der Waals surface area (Å²) in [4.78, 5) is 13.2. The Morgan fingerprint density at radius 3 is 2.25 bits per heavy atom. The zero-order valence-electron chi connectivity index (χ0n) is 18.8. The topological polar surface area (TPSA) is 66.5 Å². The molecule has 0 spiro atoms. The van der Waals surface area contributed by atoms with Crippen LogP contribution in [0.1, 0.15) is 49.4 Å². The third-order valence-electron chi connectivity index (χ3n) is 5.94. The highest BCUT2D eigenvalue weighted by Crippen LogP contribution is 2.43. The molecule has 0 radical (unpaired) electrons. The molecule has 1 aliphatic rings. The minimum absolute atomic E-state index is 0.229. The van der Waals surface area contributed by atoms with Crippen molar-refractivity contribution >= 4 is 21.6 Å². The van der Waals surface area contributed by atoms with Crippen molar-refractivity contribution in [1.82, 2.24) is 5.32 Å². The molecule has 5 nitrogen and oxygen atoms in total. The number of sulfonamides is 1. The quantitative estimate of drug-likeness (QED) is 0.585. The molecule has 32 heavy (non-hydrogen) atoms. The van der Waals surface area contributed by atoms with Crippen molar-refractivity contribution in [2.45, 2.75) is 44.6 Å². The number of nitrogens with zero attached hydrogens (tertiary/aromatic N) is 1. The molecule has 3 aromatic rings. The van der Waals surface area contributed by atoms with Crippen LogP contribution >= 0.6 is 0 Å². The lowest BCUT2D eigenvalue weighted by Crippen LogP contribution is -2.43. The lowest BCUT2D eigenvalue weighted by atomic mass is 9.95. The Labute approximate surface area is 190 Å². The van der Waals surface area contributed by atoms with Gasteiger partial charge in [0.05, 0.1) is 16.6 Å². The SMILES string of the molecule is Cc1ccc([C@H](C)NC(=O)CN2c3ccc(C(C)C)cc3-c3ccccc3S2(=O)=O)cc1. The van der Waals surface area contributed by atoms with E-state index in [4.69, 9.17) is 0 Å². The van der Waals surface area contributed by atoms with Crippen molar-refractivity contribution in [2.75, 3.05) is 10.8 Å². The Morgan fingerprint density at radius 2 is 1.56 bits per heavy atom. The number of carbonyl (C=O) groups excluding carboxylic acids is 1. The molecule has 3 aromatic carbocycles. The number of aryl methyl sites for hydroxylation is 1. The first-order valence-corrected chi connectivity index (χ1v) is 12.2. The van der Waals surface area contributed by atoms with Crippen LogP contribution < -0.4 is 9.62 Å². The molecule has 1 amide bonds. The van der Waals surface area contributed by atoms with Crippen molar-refractivity contribution in [3.63, 3.8) is 0 Å². The van der Waals surface area contributed by atoms with E-state index in [0.717, 1.165) is 22.3 Å². The molecule has 166 valence electrons. The smallest absolute Gasteiger partial charge is 0.265 e. The van der Waals surface area contributed by atoms with Gasteiger partial charge in [0.25, 0.3) is 10.0 Å². The molecular formula is C26H28N2O3S. The molecule has 4 rings (SSSR count). The molecule has 0 saturated carbocycles. The molecule has 0 aliphatic carbocycles. The summed E-state index contributed by atoms with van der Waals surface area (Å²) >= 11 is 0. The van der Waals surface area contributed by atoms with E-state index in [-0.39, 0.29) is 23.4 Å². The van der Waals surface area contributed by atoms with Crippen LogP contribution in [0.4, 0.5) is 5.69 Å². The number of nitrogens with one attached hydrogen (secondary N) is 1. The summed E-state index contributed by atoms with van der Waals surface area (Å²) in [5, 5.41) is 2.94. The molecule has 0 aromatic heterocycles. The Balaban J connectivity index is 1.68. The molecule has 6 heteroatoms. The first-order valence-electron chi connectivity index (χ1n) is 10.8. The van der Waals surface area contributed by atoms with Crippen molar-refractivity contribution in [3.8, 4) is 11.1 Å². The summed E-state index contributed by atoms with van der Waals surface area (Å²) in [6, 6.07) is 20.5. The number of fused-ring (bicyclic) bond motifs is 3. The summed E-state index contributed by atoms with van der Waals surface area (Å²) < 4.78 is 28.1. The molecule has 1 N–H and O–H groups in total. The van der Waals surface area contributed by atoms with Crippen molar-refractivity contribution in [3.05, 3.63) is 83.4 Å². The fourth-order valence-electron chi connectivity index (χ4n) is 4.03. The van der Waals surface area contributed by atoms with E-state index in [9.17, 15) is 13.2 Å². The number of rotatable bonds is 5. The summed E-state index contributed by atoms with van der Waals surface area (Å²) in [5.74, 6) is -0.0435. The van der Waals surface area contributed by atoms with E-state index >= 15 is 0 Å². The van der Waals surface area contributed by atoms with Crippen molar-refractivity contribution in [1.29, 1.82) is 0 Å². The van der Waals surface area contributed by atoms with Gasteiger partial charge in [-0.3, -0.25) is 9.10 Å². The highest BCUT2D eigenvalue weighted by molar-refractivity contribution is 7.93. The fourth-order valence-corrected chi connectivity index (χ4v) is 5.68. The summed E-state index contributed by atoms with van der Waals surface area (Å²) in [5.41, 5.74) is 5.28. The highest BCUT2D eigenvalue weighted by Gasteiger charge is 2.36. The Hall–Kier alpha value is -3.12. The first-order chi connectivity index (χ1) is 15.2. The second-order valence-electron chi connectivity index (χ2n) is 8.64. The van der Waals surface area contributed by atoms with Gasteiger partial charge >= 0.3 is 0 Å². The van der Waals surface area contributed by atoms with Gasteiger partial charge in [0.2, 0.25) is 5.91 Å². The highest BCUT2D eigenvalue weighted by atomic mass is 32.2. The maximum absolute atomic E-state index is 13.5. The lowest BCUT2D eigenvalue weighted by molar-refractivity contribution is -0.120. The number of anilines is 1. The number of hydrogen-bond donors (Lipinski definition) is 1. The molecule has 0 bridgehead atoms. The van der Waals surface area contributed by atoms with Crippen LogP contribution in [0.3, 0.4) is 0 Å². The van der Waals surface area contributed by atoms with Gasteiger partial charge in [0.1, 0.15) is 6.54 Å². The standard InChI is InChI=1S/C26H28N2O3S/c1-17(2)21-13-14-24-23(15-21)22-7-5-6-8-25(22)32(30,31)28(24)16-26(29)27-19(4)20-11-9-18(3)10-12-20/h5-15,17,19H,16H2,1-4H3,(H,27,29)/t19-/m0/s1. The van der Waals surface area contributed by atoms with Gasteiger partial charge in [0.15, 0.2) is 0 Å². The number of benzene rings is 3. The molecule has 0 fully saturated rings. The van der Waals surface area contributed by atoms with E-state index in [1.54, 1.807) is 12.1 Å². The van der Waals surface area contributed by atoms with E-state index in [0.29, 0.717) is 17.2 Å². The zero-order valence-corrected chi connectivity index (χ0v) is 19.6. The second kappa shape index (κ2) is 8.43. The largest absolute Gasteiger partial charge is 0.348 e. The minimum Gasteiger partial charge on any atom is -0.348 e. The number of amides is 1. The average molecular weight is 449 g/mol. The second-order valence-corrected chi connectivity index (χ2v) is 10.5. The van der Waals surface area contributed by atoms with Gasteiger partial charge in [-0.1, -0.05) is 67.9 Å². The van der Waals surface area contributed by atoms with Gasteiger partial charge in [-0.05, 0) is 49.1 Å². The summed E-state index contributed by atoms with van der Waals surface area (Å²) in [7, 11) is -3.86. The van der Waals surface area contributed by atoms with Crippen LogP contribution in [0.2, 0.25) is 0 Å².